The van der Waals surface area contributed by atoms with E-state index in [1.807, 2.05) is 0 Å². The van der Waals surface area contributed by atoms with Gasteiger partial charge in [-0.25, -0.2) is 8.78 Å². The highest BCUT2D eigenvalue weighted by atomic mass is 35.5. The molecule has 2 saturated heterocycles. The van der Waals surface area contributed by atoms with Gasteiger partial charge in [-0.3, -0.25) is 4.79 Å². The molecular weight excluding hydrogens is 312 g/mol. The Bertz CT molecular complexity index is 557. The van der Waals surface area contributed by atoms with Crippen LogP contribution in [-0.4, -0.2) is 34.9 Å². The fourth-order valence-electron chi connectivity index (χ4n) is 3.44. The number of halogens is 3. The van der Waals surface area contributed by atoms with E-state index in [2.05, 4.69) is 0 Å². The van der Waals surface area contributed by atoms with Crippen LogP contribution in [0.4, 0.5) is 8.78 Å². The summed E-state index contributed by atoms with van der Waals surface area (Å²) < 4.78 is 33.0. The highest BCUT2D eigenvalue weighted by Crippen LogP contribution is 2.35. The van der Waals surface area contributed by atoms with Crippen molar-refractivity contribution in [1.82, 2.24) is 4.90 Å². The third kappa shape index (κ3) is 3.10. The largest absolute Gasteiger partial charge is 0.375 e. The fourth-order valence-corrected chi connectivity index (χ4v) is 3.59. The van der Waals surface area contributed by atoms with E-state index in [4.69, 9.17) is 16.3 Å². The first-order chi connectivity index (χ1) is 10.6. The number of rotatable bonds is 4. The summed E-state index contributed by atoms with van der Waals surface area (Å²) >= 11 is 5.70. The third-order valence-electron chi connectivity index (χ3n) is 4.51. The van der Waals surface area contributed by atoms with Crippen LogP contribution < -0.4 is 0 Å². The minimum Gasteiger partial charge on any atom is -0.375 e. The molecule has 0 aliphatic carbocycles. The molecule has 1 amide bonds. The van der Waals surface area contributed by atoms with Crippen LogP contribution in [0.2, 0.25) is 0 Å². The van der Waals surface area contributed by atoms with E-state index < -0.39 is 11.6 Å². The van der Waals surface area contributed by atoms with E-state index in [-0.39, 0.29) is 42.1 Å². The van der Waals surface area contributed by atoms with Gasteiger partial charge in [-0.05, 0) is 31.7 Å². The van der Waals surface area contributed by atoms with Crippen molar-refractivity contribution >= 4 is 17.5 Å². The SMILES string of the molecule is O=C(CCl)N(Cc1cccc(F)c1F)C1CC2CCC(C1)O2. The second kappa shape index (κ2) is 6.50. The molecule has 3 rings (SSSR count). The smallest absolute Gasteiger partial charge is 0.238 e. The minimum absolute atomic E-state index is 0.0276. The lowest BCUT2D eigenvalue weighted by Crippen LogP contribution is -2.46. The Morgan fingerprint density at radius 3 is 2.59 bits per heavy atom. The lowest BCUT2D eigenvalue weighted by atomic mass is 10.0. The van der Waals surface area contributed by atoms with Crippen LogP contribution in [-0.2, 0) is 16.1 Å². The number of nitrogens with zero attached hydrogens (tertiary/aromatic N) is 1. The first-order valence-electron chi connectivity index (χ1n) is 7.52. The quantitative estimate of drug-likeness (QED) is 0.794. The van der Waals surface area contributed by atoms with Crippen molar-refractivity contribution in [3.63, 3.8) is 0 Å². The van der Waals surface area contributed by atoms with Crippen molar-refractivity contribution < 1.29 is 18.3 Å². The van der Waals surface area contributed by atoms with Crippen LogP contribution in [0.25, 0.3) is 0 Å². The van der Waals surface area contributed by atoms with E-state index in [9.17, 15) is 13.6 Å². The fraction of sp³-hybridized carbons (Fsp3) is 0.562. The number of ether oxygens (including phenoxy) is 1. The first kappa shape index (κ1) is 15.7. The average molecular weight is 330 g/mol. The maximum Gasteiger partial charge on any atom is 0.238 e. The van der Waals surface area contributed by atoms with Crippen LogP contribution in [0.15, 0.2) is 18.2 Å². The van der Waals surface area contributed by atoms with Gasteiger partial charge in [0.25, 0.3) is 0 Å². The number of carbonyl (C=O) groups excluding carboxylic acids is 1. The molecule has 6 heteroatoms. The van der Waals surface area contributed by atoms with Crippen LogP contribution in [0.5, 0.6) is 0 Å². The van der Waals surface area contributed by atoms with Gasteiger partial charge >= 0.3 is 0 Å². The molecule has 120 valence electrons. The summed E-state index contributed by atoms with van der Waals surface area (Å²) in [5.41, 5.74) is 0.178. The Kier molecular flexibility index (Phi) is 4.64. The maximum atomic E-state index is 13.9. The number of benzene rings is 1. The summed E-state index contributed by atoms with van der Waals surface area (Å²) in [7, 11) is 0. The zero-order valence-electron chi connectivity index (χ0n) is 12.1. The normalized spacial score (nSPS) is 27.0. The Morgan fingerprint density at radius 1 is 1.27 bits per heavy atom. The molecule has 2 atom stereocenters. The van der Waals surface area contributed by atoms with Crippen molar-refractivity contribution in [2.45, 2.75) is 50.5 Å². The van der Waals surface area contributed by atoms with Crippen LogP contribution in [0.3, 0.4) is 0 Å². The van der Waals surface area contributed by atoms with E-state index in [1.54, 1.807) is 4.90 Å². The minimum atomic E-state index is -0.900. The molecule has 1 aromatic rings. The van der Waals surface area contributed by atoms with Gasteiger partial charge in [-0.2, -0.15) is 0 Å². The molecular formula is C16H18ClF2NO2. The average Bonchev–Trinajstić information content (AvgIpc) is 2.86. The van der Waals surface area contributed by atoms with Gasteiger partial charge in [0.05, 0.1) is 12.2 Å². The number of carbonyl (C=O) groups is 1. The number of amides is 1. The summed E-state index contributed by atoms with van der Waals surface area (Å²) in [4.78, 5) is 13.8. The molecule has 22 heavy (non-hydrogen) atoms. The van der Waals surface area contributed by atoms with Gasteiger partial charge < -0.3 is 9.64 Å². The molecule has 2 heterocycles. The number of alkyl halides is 1. The Morgan fingerprint density at radius 2 is 1.95 bits per heavy atom. The van der Waals surface area contributed by atoms with Gasteiger partial charge in [-0.1, -0.05) is 12.1 Å². The van der Waals surface area contributed by atoms with Crippen molar-refractivity contribution in [2.24, 2.45) is 0 Å². The molecule has 0 spiro atoms. The van der Waals surface area contributed by atoms with Gasteiger partial charge in [0.1, 0.15) is 5.88 Å². The summed E-state index contributed by atoms with van der Waals surface area (Å²) in [5.74, 6) is -2.21. The lowest BCUT2D eigenvalue weighted by molar-refractivity contribution is -0.135. The predicted octanol–water partition coefficient (Wildman–Crippen LogP) is 3.24. The first-order valence-corrected chi connectivity index (χ1v) is 8.05. The highest BCUT2D eigenvalue weighted by Gasteiger charge is 2.38. The Balaban J connectivity index is 1.81. The lowest BCUT2D eigenvalue weighted by Gasteiger charge is -2.37. The number of hydrogen-bond acceptors (Lipinski definition) is 2. The van der Waals surface area contributed by atoms with Crippen LogP contribution in [0, 0.1) is 11.6 Å². The van der Waals surface area contributed by atoms with Crippen molar-refractivity contribution in [3.05, 3.63) is 35.4 Å². The highest BCUT2D eigenvalue weighted by molar-refractivity contribution is 6.27. The molecule has 0 saturated carbocycles. The maximum absolute atomic E-state index is 13.9. The summed E-state index contributed by atoms with van der Waals surface area (Å²) in [5, 5.41) is 0. The molecule has 2 aliphatic heterocycles. The number of fused-ring (bicyclic) bond motifs is 2. The molecule has 0 radical (unpaired) electrons. The molecule has 2 bridgehead atoms. The van der Waals surface area contributed by atoms with Gasteiger partial charge in [0, 0.05) is 18.2 Å². The predicted molar refractivity (Wildman–Crippen MR) is 78.5 cm³/mol. The summed E-state index contributed by atoms with van der Waals surface area (Å²) in [6.45, 7) is 0.0409. The second-order valence-corrected chi connectivity index (χ2v) is 6.22. The van der Waals surface area contributed by atoms with E-state index >= 15 is 0 Å². The molecule has 0 aromatic heterocycles. The number of hydrogen-bond donors (Lipinski definition) is 0. The standard InChI is InChI=1S/C16H18ClF2NO2/c17-8-15(21)20(9-10-2-1-3-14(18)16(10)19)11-6-12-4-5-13(7-11)22-12/h1-3,11-13H,4-9H2. The molecule has 0 N–H and O–H groups in total. The van der Waals surface area contributed by atoms with Crippen molar-refractivity contribution in [1.29, 1.82) is 0 Å². The molecule has 3 nitrogen and oxygen atoms in total. The molecule has 2 aliphatic rings. The monoisotopic (exact) mass is 329 g/mol. The topological polar surface area (TPSA) is 29.5 Å². The molecule has 2 fully saturated rings. The van der Waals surface area contributed by atoms with E-state index in [1.165, 1.54) is 12.1 Å². The molecule has 2 unspecified atom stereocenters. The second-order valence-electron chi connectivity index (χ2n) is 5.95. The van der Waals surface area contributed by atoms with Gasteiger partial charge in [-0.15, -0.1) is 11.6 Å². The van der Waals surface area contributed by atoms with Crippen LogP contribution in [0.1, 0.15) is 31.2 Å². The third-order valence-corrected chi connectivity index (χ3v) is 4.74. The summed E-state index contributed by atoms with van der Waals surface area (Å²) in [6.07, 6.45) is 3.78. The van der Waals surface area contributed by atoms with Gasteiger partial charge in [0.15, 0.2) is 11.6 Å². The van der Waals surface area contributed by atoms with E-state index in [0.29, 0.717) is 0 Å². The Hall–Kier alpha value is -1.20. The zero-order chi connectivity index (χ0) is 15.7. The zero-order valence-corrected chi connectivity index (χ0v) is 12.9. The summed E-state index contributed by atoms with van der Waals surface area (Å²) in [6, 6.07) is 3.99. The van der Waals surface area contributed by atoms with Gasteiger partial charge in [0.2, 0.25) is 5.91 Å². The van der Waals surface area contributed by atoms with E-state index in [0.717, 1.165) is 31.7 Å². The van der Waals surface area contributed by atoms with Crippen molar-refractivity contribution in [3.8, 4) is 0 Å². The molecule has 1 aromatic carbocycles. The van der Waals surface area contributed by atoms with Crippen molar-refractivity contribution in [2.75, 3.05) is 5.88 Å². The van der Waals surface area contributed by atoms with Crippen LogP contribution >= 0.6 is 11.6 Å². The Labute approximate surface area is 133 Å².